The van der Waals surface area contributed by atoms with Crippen molar-refractivity contribution in [2.45, 2.75) is 37.7 Å². The van der Waals surface area contributed by atoms with Gasteiger partial charge in [-0.25, -0.2) is 0 Å². The third kappa shape index (κ3) is 4.02. The van der Waals surface area contributed by atoms with E-state index in [2.05, 4.69) is 123 Å². The van der Waals surface area contributed by atoms with Crippen molar-refractivity contribution in [3.05, 3.63) is 154 Å². The number of methoxy groups -OCH3 is 1. The Kier molecular flexibility index (Phi) is 6.12. The molecular weight excluding hydrogens is 550 g/mol. The van der Waals surface area contributed by atoms with E-state index in [9.17, 15) is 5.26 Å². The molecule has 1 aliphatic heterocycles. The van der Waals surface area contributed by atoms with E-state index in [0.29, 0.717) is 5.56 Å². The van der Waals surface area contributed by atoms with Gasteiger partial charge < -0.3 is 9.47 Å². The van der Waals surface area contributed by atoms with Crippen LogP contribution in [-0.2, 0) is 11.0 Å². The maximum atomic E-state index is 9.72. The van der Waals surface area contributed by atoms with Crippen LogP contribution in [0.5, 0.6) is 11.5 Å². The molecule has 0 aromatic heterocycles. The Bertz CT molecular complexity index is 2140. The summed E-state index contributed by atoms with van der Waals surface area (Å²) in [5, 5.41) is 12.0. The highest BCUT2D eigenvalue weighted by Gasteiger charge is 2.44. The number of rotatable bonds is 4. The topological polar surface area (TPSA) is 42.2 Å². The van der Waals surface area contributed by atoms with Crippen LogP contribution in [-0.4, -0.2) is 7.11 Å². The van der Waals surface area contributed by atoms with Crippen LogP contribution < -0.4 is 9.47 Å². The fraction of sp³-hybridized carbons (Fsp3) is 0.167. The molecule has 2 aliphatic carbocycles. The van der Waals surface area contributed by atoms with Gasteiger partial charge in [0.15, 0.2) is 5.60 Å². The summed E-state index contributed by atoms with van der Waals surface area (Å²) in [4.78, 5) is 0. The lowest BCUT2D eigenvalue weighted by molar-refractivity contribution is 0.163. The quantitative estimate of drug-likeness (QED) is 0.211. The molecule has 1 atom stereocenters. The van der Waals surface area contributed by atoms with Crippen molar-refractivity contribution >= 4 is 22.4 Å². The third-order valence-electron chi connectivity index (χ3n) is 9.89. The molecule has 3 aliphatic rings. The molecular formula is C42H33NO2. The van der Waals surface area contributed by atoms with Gasteiger partial charge in [-0.1, -0.05) is 105 Å². The average molecular weight is 584 g/mol. The standard InChI is InChI=1S/C42H33NO2/c1-41(2)37-25-27(26-43)13-22-35(37)38-33-11-7-8-12-34(33)40-36(39(38)41)23-24-42(45-40,31-18-20-32(44-3)21-19-31)30-16-14-29(15-17-30)28-9-5-4-6-10-28/h4-5,7-9,11-25H,6,10H2,1-3H3. The Hall–Kier alpha value is -5.33. The van der Waals surface area contributed by atoms with Gasteiger partial charge in [-0.2, -0.15) is 5.26 Å². The van der Waals surface area contributed by atoms with Crippen molar-refractivity contribution < 1.29 is 9.47 Å². The van der Waals surface area contributed by atoms with Crippen LogP contribution in [0.4, 0.5) is 0 Å². The molecule has 218 valence electrons. The zero-order valence-electron chi connectivity index (χ0n) is 25.7. The fourth-order valence-electron chi connectivity index (χ4n) is 7.59. The highest BCUT2D eigenvalue weighted by Crippen LogP contribution is 2.58. The summed E-state index contributed by atoms with van der Waals surface area (Å²) in [7, 11) is 1.69. The summed E-state index contributed by atoms with van der Waals surface area (Å²) in [5.74, 6) is 1.69. The van der Waals surface area contributed by atoms with E-state index >= 15 is 0 Å². The number of allylic oxidation sites excluding steroid dienone is 4. The molecule has 0 spiro atoms. The molecule has 0 radical (unpaired) electrons. The number of nitrogens with zero attached hydrogens (tertiary/aromatic N) is 1. The Balaban J connectivity index is 1.36. The van der Waals surface area contributed by atoms with Gasteiger partial charge in [0.05, 0.1) is 18.7 Å². The molecule has 45 heavy (non-hydrogen) atoms. The summed E-state index contributed by atoms with van der Waals surface area (Å²) in [6.45, 7) is 4.53. The average Bonchev–Trinajstić information content (AvgIpc) is 3.34. The van der Waals surface area contributed by atoms with Crippen LogP contribution in [0, 0.1) is 11.3 Å². The van der Waals surface area contributed by atoms with Gasteiger partial charge in [0.2, 0.25) is 0 Å². The van der Waals surface area contributed by atoms with E-state index in [4.69, 9.17) is 9.47 Å². The molecule has 8 rings (SSSR count). The van der Waals surface area contributed by atoms with E-state index in [1.54, 1.807) is 7.11 Å². The summed E-state index contributed by atoms with van der Waals surface area (Å²) in [5.41, 5.74) is 10.2. The number of hydrogen-bond donors (Lipinski definition) is 0. The van der Waals surface area contributed by atoms with Gasteiger partial charge in [-0.05, 0) is 82.0 Å². The molecule has 0 fully saturated rings. The molecule has 1 unspecified atom stereocenters. The second-order valence-corrected chi connectivity index (χ2v) is 12.7. The molecule has 5 aromatic carbocycles. The number of hydrogen-bond acceptors (Lipinski definition) is 3. The van der Waals surface area contributed by atoms with Crippen molar-refractivity contribution in [1.82, 2.24) is 0 Å². The van der Waals surface area contributed by atoms with Crippen molar-refractivity contribution in [2.75, 3.05) is 7.11 Å². The summed E-state index contributed by atoms with van der Waals surface area (Å²) in [6, 6.07) is 34.1. The van der Waals surface area contributed by atoms with Crippen LogP contribution >= 0.6 is 0 Å². The van der Waals surface area contributed by atoms with E-state index in [-0.39, 0.29) is 5.41 Å². The summed E-state index contributed by atoms with van der Waals surface area (Å²) < 4.78 is 12.9. The zero-order chi connectivity index (χ0) is 30.8. The lowest BCUT2D eigenvalue weighted by Crippen LogP contribution is -2.35. The molecule has 3 nitrogen and oxygen atoms in total. The van der Waals surface area contributed by atoms with E-state index < -0.39 is 5.60 Å². The van der Waals surface area contributed by atoms with Crippen molar-refractivity contribution in [2.24, 2.45) is 0 Å². The minimum Gasteiger partial charge on any atom is -0.497 e. The number of fused-ring (bicyclic) bond motifs is 8. The molecule has 0 N–H and O–H groups in total. The highest BCUT2D eigenvalue weighted by molar-refractivity contribution is 6.08. The SMILES string of the molecule is COc1ccc(C2(c3ccc(C4=CC=CCC4)cc3)C=Cc3c4c(c5ccccc5c3O2)-c2ccc(C#N)cc2C4(C)C)cc1. The smallest absolute Gasteiger partial charge is 0.178 e. The minimum absolute atomic E-state index is 0.316. The molecule has 0 amide bonds. The van der Waals surface area contributed by atoms with Crippen LogP contribution in [0.2, 0.25) is 0 Å². The molecule has 0 bridgehead atoms. The first kappa shape index (κ1) is 27.2. The monoisotopic (exact) mass is 583 g/mol. The van der Waals surface area contributed by atoms with Crippen LogP contribution in [0.1, 0.15) is 65.6 Å². The molecule has 0 saturated carbocycles. The zero-order valence-corrected chi connectivity index (χ0v) is 25.7. The predicted molar refractivity (Wildman–Crippen MR) is 182 cm³/mol. The van der Waals surface area contributed by atoms with Gasteiger partial charge >= 0.3 is 0 Å². The highest BCUT2D eigenvalue weighted by atomic mass is 16.5. The Morgan fingerprint density at radius 3 is 2.29 bits per heavy atom. The summed E-state index contributed by atoms with van der Waals surface area (Å²) >= 11 is 0. The Morgan fingerprint density at radius 1 is 0.867 bits per heavy atom. The lowest BCUT2D eigenvalue weighted by atomic mass is 9.76. The number of ether oxygens (including phenoxy) is 2. The Morgan fingerprint density at radius 2 is 1.60 bits per heavy atom. The first-order chi connectivity index (χ1) is 21.9. The maximum absolute atomic E-state index is 9.72. The van der Waals surface area contributed by atoms with Crippen molar-refractivity contribution in [1.29, 1.82) is 5.26 Å². The molecule has 1 heterocycles. The number of nitriles is 1. The van der Waals surface area contributed by atoms with Crippen molar-refractivity contribution in [3.63, 3.8) is 0 Å². The largest absolute Gasteiger partial charge is 0.497 e. The van der Waals surface area contributed by atoms with E-state index in [1.165, 1.54) is 33.4 Å². The fourth-order valence-corrected chi connectivity index (χ4v) is 7.59. The van der Waals surface area contributed by atoms with Gasteiger partial charge in [0.1, 0.15) is 11.5 Å². The van der Waals surface area contributed by atoms with Gasteiger partial charge in [0, 0.05) is 27.5 Å². The normalized spacial score (nSPS) is 18.8. The Labute approximate surface area is 264 Å². The first-order valence-electron chi connectivity index (χ1n) is 15.6. The van der Waals surface area contributed by atoms with E-state index in [0.717, 1.165) is 51.8 Å². The second kappa shape index (κ2) is 10.1. The number of benzene rings is 5. The molecule has 3 heteroatoms. The summed E-state index contributed by atoms with van der Waals surface area (Å²) in [6.07, 6.45) is 13.2. The van der Waals surface area contributed by atoms with E-state index in [1.807, 2.05) is 18.2 Å². The minimum atomic E-state index is -0.848. The van der Waals surface area contributed by atoms with Crippen LogP contribution in [0.25, 0.3) is 33.5 Å². The lowest BCUT2D eigenvalue weighted by Gasteiger charge is -2.38. The van der Waals surface area contributed by atoms with Gasteiger partial charge in [-0.15, -0.1) is 0 Å². The third-order valence-corrected chi connectivity index (χ3v) is 9.89. The molecule has 0 saturated heterocycles. The predicted octanol–water partition coefficient (Wildman–Crippen LogP) is 10.1. The van der Waals surface area contributed by atoms with Crippen LogP contribution in [0.3, 0.4) is 0 Å². The second-order valence-electron chi connectivity index (χ2n) is 12.7. The van der Waals surface area contributed by atoms with Gasteiger partial charge in [-0.3, -0.25) is 0 Å². The molecule has 5 aromatic rings. The van der Waals surface area contributed by atoms with Gasteiger partial charge in [0.25, 0.3) is 0 Å². The van der Waals surface area contributed by atoms with Crippen molar-refractivity contribution in [3.8, 4) is 28.7 Å². The van der Waals surface area contributed by atoms with Crippen LogP contribution in [0.15, 0.2) is 115 Å². The first-order valence-corrected chi connectivity index (χ1v) is 15.6. The maximum Gasteiger partial charge on any atom is 0.178 e.